The fourth-order valence-corrected chi connectivity index (χ4v) is 5.09. The molecule has 0 saturated carbocycles. The van der Waals surface area contributed by atoms with Gasteiger partial charge in [-0.3, -0.25) is 24.1 Å². The number of rotatable bonds is 12. The summed E-state index contributed by atoms with van der Waals surface area (Å²) >= 11 is 0. The van der Waals surface area contributed by atoms with E-state index in [-0.39, 0.29) is 22.3 Å². The van der Waals surface area contributed by atoms with Crippen molar-refractivity contribution in [1.82, 2.24) is 4.90 Å². The van der Waals surface area contributed by atoms with Crippen LogP contribution in [-0.4, -0.2) is 79.9 Å². The monoisotopic (exact) mass is 619 g/mol. The quantitative estimate of drug-likeness (QED) is 0.167. The van der Waals surface area contributed by atoms with Crippen molar-refractivity contribution in [3.05, 3.63) is 106 Å². The summed E-state index contributed by atoms with van der Waals surface area (Å²) in [6, 6.07) is 15.1. The molecule has 11 nitrogen and oxygen atoms in total. The molecule has 0 aliphatic carbocycles. The summed E-state index contributed by atoms with van der Waals surface area (Å²) < 4.78 is 34.1. The van der Waals surface area contributed by atoms with E-state index < -0.39 is 76.6 Å². The lowest BCUT2D eigenvalue weighted by molar-refractivity contribution is -0.147. The number of aryl methyl sites for hydroxylation is 2. The lowest BCUT2D eigenvalue weighted by atomic mass is 10.1. The molecule has 0 N–H and O–H groups in total. The third kappa shape index (κ3) is 7.51. The third-order valence-corrected chi connectivity index (χ3v) is 7.90. The largest absolute Gasteiger partial charge is 0.456 e. The second-order valence-electron chi connectivity index (χ2n) is 10.4. The Morgan fingerprint density at radius 2 is 1.18 bits per heavy atom. The van der Waals surface area contributed by atoms with E-state index >= 15 is 0 Å². The highest BCUT2D eigenvalue weighted by Crippen LogP contribution is 2.28. The van der Waals surface area contributed by atoms with Gasteiger partial charge in [-0.05, 0) is 38.5 Å². The molecule has 44 heavy (non-hydrogen) atoms. The number of hydrogen-bond donors (Lipinski definition) is 0. The van der Waals surface area contributed by atoms with Gasteiger partial charge < -0.3 is 9.47 Å². The van der Waals surface area contributed by atoms with E-state index in [0.717, 1.165) is 23.4 Å². The molecule has 3 aromatic rings. The minimum atomic E-state index is -3.63. The molecule has 0 unspecified atom stereocenters. The van der Waals surface area contributed by atoms with Gasteiger partial charge in [0.25, 0.3) is 11.8 Å². The van der Waals surface area contributed by atoms with Gasteiger partial charge in [0.2, 0.25) is 0 Å². The van der Waals surface area contributed by atoms with Gasteiger partial charge in [0.15, 0.2) is 24.8 Å². The molecule has 1 heterocycles. The highest BCUT2D eigenvalue weighted by Gasteiger charge is 2.44. The second kappa shape index (κ2) is 13.1. The fourth-order valence-electron chi connectivity index (χ4n) is 4.44. The lowest BCUT2D eigenvalue weighted by Crippen LogP contribution is -2.46. The van der Waals surface area contributed by atoms with Gasteiger partial charge in [0.05, 0.1) is 22.4 Å². The van der Waals surface area contributed by atoms with E-state index in [1.54, 1.807) is 48.5 Å². The first-order valence-corrected chi connectivity index (χ1v) is 15.5. The zero-order chi connectivity index (χ0) is 32.2. The Kier molecular flexibility index (Phi) is 9.53. The molecule has 2 amide bonds. The maximum absolute atomic E-state index is 13.4. The first-order valence-electron chi connectivity index (χ1n) is 13.5. The molecule has 0 radical (unpaired) electrons. The van der Waals surface area contributed by atoms with Crippen molar-refractivity contribution in [2.75, 3.05) is 25.2 Å². The molecule has 0 saturated heterocycles. The summed E-state index contributed by atoms with van der Waals surface area (Å²) in [5, 5.41) is 0. The van der Waals surface area contributed by atoms with Crippen molar-refractivity contribution in [1.29, 1.82) is 0 Å². The Labute approximate surface area is 253 Å². The summed E-state index contributed by atoms with van der Waals surface area (Å²) in [6.45, 7) is 2.44. The molecule has 0 fully saturated rings. The van der Waals surface area contributed by atoms with Crippen LogP contribution in [0.4, 0.5) is 0 Å². The van der Waals surface area contributed by atoms with Crippen molar-refractivity contribution in [3.63, 3.8) is 0 Å². The Morgan fingerprint density at radius 3 is 1.70 bits per heavy atom. The van der Waals surface area contributed by atoms with Crippen molar-refractivity contribution in [2.45, 2.75) is 26.3 Å². The number of nitrogens with zero attached hydrogens (tertiary/aromatic N) is 1. The van der Waals surface area contributed by atoms with Crippen LogP contribution in [0.25, 0.3) is 0 Å². The number of ketones is 2. The van der Waals surface area contributed by atoms with Crippen LogP contribution in [0, 0.1) is 13.8 Å². The van der Waals surface area contributed by atoms with Crippen LogP contribution >= 0.6 is 0 Å². The number of carbonyl (C=O) groups is 6. The number of esters is 2. The molecule has 0 bridgehead atoms. The Morgan fingerprint density at radius 1 is 0.705 bits per heavy atom. The van der Waals surface area contributed by atoms with E-state index in [0.29, 0.717) is 10.5 Å². The number of amides is 2. The van der Waals surface area contributed by atoms with Crippen LogP contribution in [-0.2, 0) is 24.1 Å². The first-order chi connectivity index (χ1) is 20.7. The number of hydrogen-bond acceptors (Lipinski definition) is 10. The predicted octanol–water partition coefficient (Wildman–Crippen LogP) is 3.17. The van der Waals surface area contributed by atoms with Crippen LogP contribution in [0.5, 0.6) is 0 Å². The smallest absolute Gasteiger partial charge is 0.338 e. The Bertz CT molecular complexity index is 1760. The standard InChI is InChI=1S/C32H29NO10S/c1-19-4-8-21(9-5-19)27(34)17-42-31(38)23-12-13-24-25(16-23)30(37)33(29(24)36)26(14-15-44(3,40)41)32(39)43-18-28(35)22-10-6-20(2)7-11-22/h4-13,16,26H,14-15,17-18H2,1-3H3/t26-/m1/s1. The van der Waals surface area contributed by atoms with Crippen LogP contribution < -0.4 is 0 Å². The Balaban J connectivity index is 1.50. The van der Waals surface area contributed by atoms with Crippen molar-refractivity contribution in [3.8, 4) is 0 Å². The molecule has 0 spiro atoms. The predicted molar refractivity (Wildman–Crippen MR) is 157 cm³/mol. The van der Waals surface area contributed by atoms with Gasteiger partial charge >= 0.3 is 11.9 Å². The maximum atomic E-state index is 13.4. The highest BCUT2D eigenvalue weighted by atomic mass is 32.2. The van der Waals surface area contributed by atoms with E-state index in [1.165, 1.54) is 12.1 Å². The summed E-state index contributed by atoms with van der Waals surface area (Å²) in [5.41, 5.74) is 2.02. The average Bonchev–Trinajstić information content (AvgIpc) is 3.23. The summed E-state index contributed by atoms with van der Waals surface area (Å²) in [7, 11) is -3.63. The number of fused-ring (bicyclic) bond motifs is 1. The molecule has 228 valence electrons. The molecular formula is C32H29NO10S. The van der Waals surface area contributed by atoms with Crippen LogP contribution in [0.15, 0.2) is 66.7 Å². The van der Waals surface area contributed by atoms with Crippen LogP contribution in [0.3, 0.4) is 0 Å². The minimum absolute atomic E-state index is 0.123. The van der Waals surface area contributed by atoms with Gasteiger partial charge in [0.1, 0.15) is 15.9 Å². The van der Waals surface area contributed by atoms with E-state index in [2.05, 4.69) is 0 Å². The fraction of sp³-hybridized carbons (Fsp3) is 0.250. The maximum Gasteiger partial charge on any atom is 0.338 e. The number of benzene rings is 3. The zero-order valence-electron chi connectivity index (χ0n) is 24.2. The molecule has 1 atom stereocenters. The lowest BCUT2D eigenvalue weighted by Gasteiger charge is -2.24. The van der Waals surface area contributed by atoms with Crippen molar-refractivity contribution < 1.29 is 46.7 Å². The number of Topliss-reactive ketones (excluding diaryl/α,β-unsaturated/α-hetero) is 2. The second-order valence-corrected chi connectivity index (χ2v) is 12.7. The van der Waals surface area contributed by atoms with Gasteiger partial charge in [-0.15, -0.1) is 0 Å². The highest BCUT2D eigenvalue weighted by molar-refractivity contribution is 7.90. The number of ether oxygens (including phenoxy) is 2. The van der Waals surface area contributed by atoms with E-state index in [4.69, 9.17) is 9.47 Å². The van der Waals surface area contributed by atoms with E-state index in [1.807, 2.05) is 13.8 Å². The first kappa shape index (κ1) is 32.0. The molecular weight excluding hydrogens is 590 g/mol. The Hall–Kier alpha value is -4.97. The summed E-state index contributed by atoms with van der Waals surface area (Å²) in [4.78, 5) is 78.0. The summed E-state index contributed by atoms with van der Waals surface area (Å²) in [6.07, 6.45) is 0.456. The van der Waals surface area contributed by atoms with Gasteiger partial charge in [-0.2, -0.15) is 0 Å². The zero-order valence-corrected chi connectivity index (χ0v) is 25.0. The number of sulfone groups is 1. The molecule has 1 aliphatic rings. The molecule has 0 aromatic heterocycles. The number of imide groups is 1. The minimum Gasteiger partial charge on any atom is -0.456 e. The summed E-state index contributed by atoms with van der Waals surface area (Å²) in [5.74, 6) is -5.46. The normalized spacial score (nSPS) is 13.3. The number of carbonyl (C=O) groups excluding carboxylic acids is 6. The van der Waals surface area contributed by atoms with Crippen molar-refractivity contribution >= 4 is 45.2 Å². The van der Waals surface area contributed by atoms with Crippen molar-refractivity contribution in [2.24, 2.45) is 0 Å². The molecule has 4 rings (SSSR count). The van der Waals surface area contributed by atoms with Crippen LogP contribution in [0.2, 0.25) is 0 Å². The topological polar surface area (TPSA) is 158 Å². The SMILES string of the molecule is Cc1ccc(C(=O)COC(=O)c2ccc3c(c2)C(=O)N([C@H](CCS(C)(=O)=O)C(=O)OCC(=O)c2ccc(C)cc2)C3=O)cc1. The van der Waals surface area contributed by atoms with E-state index in [9.17, 15) is 37.2 Å². The van der Waals surface area contributed by atoms with Crippen LogP contribution in [0.1, 0.15) is 69.3 Å². The average molecular weight is 620 g/mol. The van der Waals surface area contributed by atoms with Gasteiger partial charge in [0, 0.05) is 17.4 Å². The molecule has 12 heteroatoms. The molecule has 3 aromatic carbocycles. The third-order valence-electron chi connectivity index (χ3n) is 6.93. The van der Waals surface area contributed by atoms with Gasteiger partial charge in [-0.25, -0.2) is 18.0 Å². The van der Waals surface area contributed by atoms with Gasteiger partial charge in [-0.1, -0.05) is 59.7 Å². The molecule has 1 aliphatic heterocycles.